The predicted molar refractivity (Wildman–Crippen MR) is 113 cm³/mol. The molecule has 3 aromatic rings. The maximum atomic E-state index is 5.36. The minimum absolute atomic E-state index is 0.607. The molecule has 0 aliphatic heterocycles. The van der Waals surface area contributed by atoms with Gasteiger partial charge in [-0.3, -0.25) is 0 Å². The van der Waals surface area contributed by atoms with Crippen molar-refractivity contribution in [2.45, 2.75) is 20.3 Å². The zero-order valence-electron chi connectivity index (χ0n) is 16.7. The lowest BCUT2D eigenvalue weighted by Crippen LogP contribution is -2.09. The van der Waals surface area contributed by atoms with Gasteiger partial charge in [-0.2, -0.15) is 4.98 Å². The highest BCUT2D eigenvalue weighted by Gasteiger charge is 2.06. The molecule has 3 rings (SSSR count). The first kappa shape index (κ1) is 19.5. The van der Waals surface area contributed by atoms with Crippen molar-refractivity contribution in [3.63, 3.8) is 0 Å². The van der Waals surface area contributed by atoms with Crippen LogP contribution in [0.3, 0.4) is 0 Å². The molecule has 146 valence electrons. The molecule has 28 heavy (non-hydrogen) atoms. The van der Waals surface area contributed by atoms with E-state index in [0.717, 1.165) is 40.7 Å². The van der Waals surface area contributed by atoms with E-state index < -0.39 is 0 Å². The summed E-state index contributed by atoms with van der Waals surface area (Å²) in [5.74, 6) is 2.84. The van der Waals surface area contributed by atoms with Crippen LogP contribution in [-0.2, 0) is 6.42 Å². The van der Waals surface area contributed by atoms with Gasteiger partial charge in [0.25, 0.3) is 0 Å². The molecule has 2 aromatic carbocycles. The molecule has 0 saturated carbocycles. The van der Waals surface area contributed by atoms with Gasteiger partial charge in [0.15, 0.2) is 11.5 Å². The minimum Gasteiger partial charge on any atom is -0.493 e. The molecule has 0 atom stereocenters. The second-order valence-corrected chi connectivity index (χ2v) is 6.58. The number of ether oxygens (including phenoxy) is 2. The Bertz CT molecular complexity index is 926. The van der Waals surface area contributed by atoms with Crippen molar-refractivity contribution in [1.82, 2.24) is 9.97 Å². The Morgan fingerprint density at radius 1 is 0.857 bits per heavy atom. The van der Waals surface area contributed by atoms with Gasteiger partial charge in [-0.15, -0.1) is 0 Å². The smallest absolute Gasteiger partial charge is 0.224 e. The monoisotopic (exact) mass is 378 g/mol. The van der Waals surface area contributed by atoms with E-state index in [1.807, 2.05) is 43.3 Å². The molecule has 0 spiro atoms. The number of nitrogens with one attached hydrogen (secondary N) is 2. The van der Waals surface area contributed by atoms with Crippen LogP contribution in [0.5, 0.6) is 11.5 Å². The van der Waals surface area contributed by atoms with Gasteiger partial charge in [-0.25, -0.2) is 4.98 Å². The number of benzene rings is 2. The number of hydrogen-bond acceptors (Lipinski definition) is 6. The Kier molecular flexibility index (Phi) is 6.32. The average molecular weight is 378 g/mol. The summed E-state index contributed by atoms with van der Waals surface area (Å²) in [6, 6.07) is 16.1. The van der Waals surface area contributed by atoms with Crippen LogP contribution in [-0.4, -0.2) is 30.7 Å². The standard InChI is InChI=1S/C22H26N4O2/c1-15-5-8-18(9-6-15)25-21-13-16(2)24-22(26-21)23-12-11-17-7-10-19(27-3)20(14-17)28-4/h5-10,13-14H,11-12H2,1-4H3,(H2,23,24,25,26). The molecule has 0 radical (unpaired) electrons. The average Bonchev–Trinajstić information content (AvgIpc) is 2.69. The van der Waals surface area contributed by atoms with Gasteiger partial charge in [0.2, 0.25) is 5.95 Å². The van der Waals surface area contributed by atoms with Gasteiger partial charge >= 0.3 is 0 Å². The Morgan fingerprint density at radius 3 is 2.32 bits per heavy atom. The number of rotatable bonds is 8. The van der Waals surface area contributed by atoms with Crippen LogP contribution >= 0.6 is 0 Å². The molecule has 6 nitrogen and oxygen atoms in total. The maximum Gasteiger partial charge on any atom is 0.224 e. The summed E-state index contributed by atoms with van der Waals surface area (Å²) in [7, 11) is 3.28. The van der Waals surface area contributed by atoms with Crippen molar-refractivity contribution in [3.05, 3.63) is 65.4 Å². The Morgan fingerprint density at radius 2 is 1.61 bits per heavy atom. The van der Waals surface area contributed by atoms with Gasteiger partial charge in [-0.1, -0.05) is 23.8 Å². The zero-order chi connectivity index (χ0) is 19.9. The Labute approximate surface area is 166 Å². The largest absolute Gasteiger partial charge is 0.493 e. The lowest BCUT2D eigenvalue weighted by molar-refractivity contribution is 0.354. The molecule has 1 aromatic heterocycles. The minimum atomic E-state index is 0.607. The third-order valence-electron chi connectivity index (χ3n) is 4.32. The molecule has 0 bridgehead atoms. The van der Waals surface area contributed by atoms with Crippen LogP contribution < -0.4 is 20.1 Å². The second-order valence-electron chi connectivity index (χ2n) is 6.58. The first-order valence-electron chi connectivity index (χ1n) is 9.21. The first-order valence-corrected chi connectivity index (χ1v) is 9.21. The van der Waals surface area contributed by atoms with Crippen LogP contribution in [0.1, 0.15) is 16.8 Å². The van der Waals surface area contributed by atoms with Gasteiger partial charge in [-0.05, 0) is 50.1 Å². The van der Waals surface area contributed by atoms with Crippen LogP contribution in [0.15, 0.2) is 48.5 Å². The highest BCUT2D eigenvalue weighted by Crippen LogP contribution is 2.27. The number of methoxy groups -OCH3 is 2. The summed E-state index contributed by atoms with van der Waals surface area (Å²) in [5.41, 5.74) is 4.27. The van der Waals surface area contributed by atoms with E-state index in [1.165, 1.54) is 5.56 Å². The predicted octanol–water partition coefficient (Wildman–Crippen LogP) is 4.51. The van der Waals surface area contributed by atoms with Crippen molar-refractivity contribution in [2.75, 3.05) is 31.4 Å². The number of aromatic nitrogens is 2. The fourth-order valence-electron chi connectivity index (χ4n) is 2.85. The van der Waals surface area contributed by atoms with Crippen LogP contribution in [0.4, 0.5) is 17.5 Å². The van der Waals surface area contributed by atoms with E-state index >= 15 is 0 Å². The summed E-state index contributed by atoms with van der Waals surface area (Å²) in [4.78, 5) is 9.04. The van der Waals surface area contributed by atoms with Crippen molar-refractivity contribution in [3.8, 4) is 11.5 Å². The molecule has 0 saturated heterocycles. The van der Waals surface area contributed by atoms with Gasteiger partial charge in [0.1, 0.15) is 5.82 Å². The van der Waals surface area contributed by atoms with Gasteiger partial charge in [0.05, 0.1) is 14.2 Å². The number of aryl methyl sites for hydroxylation is 2. The second kappa shape index (κ2) is 9.08. The summed E-state index contributed by atoms with van der Waals surface area (Å²) >= 11 is 0. The highest BCUT2D eigenvalue weighted by atomic mass is 16.5. The quantitative estimate of drug-likeness (QED) is 0.601. The SMILES string of the molecule is COc1ccc(CCNc2nc(C)cc(Nc3ccc(C)cc3)n2)cc1OC. The molecule has 6 heteroatoms. The van der Waals surface area contributed by atoms with Gasteiger partial charge in [0, 0.05) is 24.0 Å². The molecular formula is C22H26N4O2. The fraction of sp³-hybridized carbons (Fsp3) is 0.273. The number of hydrogen-bond donors (Lipinski definition) is 2. The van der Waals surface area contributed by atoms with E-state index in [1.54, 1.807) is 14.2 Å². The third-order valence-corrected chi connectivity index (χ3v) is 4.32. The van der Waals surface area contributed by atoms with Crippen LogP contribution in [0, 0.1) is 13.8 Å². The maximum absolute atomic E-state index is 5.36. The lowest BCUT2D eigenvalue weighted by atomic mass is 10.1. The summed E-state index contributed by atoms with van der Waals surface area (Å²) in [6.45, 7) is 4.74. The molecule has 1 heterocycles. The van der Waals surface area contributed by atoms with E-state index in [0.29, 0.717) is 12.5 Å². The number of nitrogens with zero attached hydrogens (tertiary/aromatic N) is 2. The van der Waals surface area contributed by atoms with Crippen LogP contribution in [0.25, 0.3) is 0 Å². The van der Waals surface area contributed by atoms with Crippen molar-refractivity contribution >= 4 is 17.5 Å². The highest BCUT2D eigenvalue weighted by molar-refractivity contribution is 5.57. The molecule has 0 aliphatic carbocycles. The molecular weight excluding hydrogens is 352 g/mol. The van der Waals surface area contributed by atoms with Crippen molar-refractivity contribution in [2.24, 2.45) is 0 Å². The summed E-state index contributed by atoms with van der Waals surface area (Å²) in [6.07, 6.45) is 0.818. The Balaban J connectivity index is 1.63. The lowest BCUT2D eigenvalue weighted by Gasteiger charge is -2.11. The van der Waals surface area contributed by atoms with Crippen molar-refractivity contribution < 1.29 is 9.47 Å². The molecule has 0 unspecified atom stereocenters. The molecule has 0 aliphatic rings. The molecule has 0 amide bonds. The first-order chi connectivity index (χ1) is 13.6. The fourth-order valence-corrected chi connectivity index (χ4v) is 2.85. The summed E-state index contributed by atoms with van der Waals surface area (Å²) in [5, 5.41) is 6.63. The van der Waals surface area contributed by atoms with Gasteiger partial charge < -0.3 is 20.1 Å². The Hall–Kier alpha value is -3.28. The zero-order valence-corrected chi connectivity index (χ0v) is 16.7. The van der Waals surface area contributed by atoms with E-state index in [-0.39, 0.29) is 0 Å². The van der Waals surface area contributed by atoms with Crippen molar-refractivity contribution in [1.29, 1.82) is 0 Å². The third kappa shape index (κ3) is 5.13. The molecule has 2 N–H and O–H groups in total. The molecule has 0 fully saturated rings. The van der Waals surface area contributed by atoms with E-state index in [4.69, 9.17) is 9.47 Å². The number of anilines is 3. The van der Waals surface area contributed by atoms with Crippen LogP contribution in [0.2, 0.25) is 0 Å². The normalized spacial score (nSPS) is 10.4. The summed E-state index contributed by atoms with van der Waals surface area (Å²) < 4.78 is 10.6. The van der Waals surface area contributed by atoms with E-state index in [9.17, 15) is 0 Å². The van der Waals surface area contributed by atoms with E-state index in [2.05, 4.69) is 39.7 Å². The topological polar surface area (TPSA) is 68.3 Å².